The molecule has 2 aromatic carbocycles. The molecule has 2 heterocycles. The van der Waals surface area contributed by atoms with E-state index in [0.717, 1.165) is 54.8 Å². The van der Waals surface area contributed by atoms with Gasteiger partial charge in [-0.2, -0.15) is 4.31 Å². The van der Waals surface area contributed by atoms with Gasteiger partial charge >= 0.3 is 0 Å². The Morgan fingerprint density at radius 1 is 1.06 bits per heavy atom. The molecule has 1 aromatic heterocycles. The van der Waals surface area contributed by atoms with Gasteiger partial charge in [0.1, 0.15) is 5.82 Å². The Hall–Kier alpha value is -2.71. The van der Waals surface area contributed by atoms with Gasteiger partial charge in [0.15, 0.2) is 0 Å². The molecule has 1 N–H and O–H groups in total. The van der Waals surface area contributed by atoms with Crippen LogP contribution in [0.25, 0.3) is 11.0 Å². The number of hydrogen-bond donors (Lipinski definition) is 1. The molecule has 0 bridgehead atoms. The highest BCUT2D eigenvalue weighted by atomic mass is 32.2. The van der Waals surface area contributed by atoms with Crippen LogP contribution < -0.4 is 5.32 Å². The summed E-state index contributed by atoms with van der Waals surface area (Å²) in [6.07, 6.45) is 4.63. The number of hydrogen-bond acceptors (Lipinski definition) is 4. The number of aromatic nitrogens is 2. The highest BCUT2D eigenvalue weighted by Crippen LogP contribution is 2.26. The van der Waals surface area contributed by atoms with Crippen molar-refractivity contribution in [3.05, 3.63) is 53.3 Å². The van der Waals surface area contributed by atoms with Crippen molar-refractivity contribution in [1.82, 2.24) is 13.9 Å². The van der Waals surface area contributed by atoms with Gasteiger partial charge in [0, 0.05) is 38.2 Å². The lowest BCUT2D eigenvalue weighted by Crippen LogP contribution is -2.27. The maximum absolute atomic E-state index is 13.0. The van der Waals surface area contributed by atoms with Crippen molar-refractivity contribution < 1.29 is 13.2 Å². The fraction of sp³-hybridized carbons (Fsp3) is 0.462. The number of benzene rings is 2. The molecule has 3 aromatic rings. The molecule has 34 heavy (non-hydrogen) atoms. The fourth-order valence-electron chi connectivity index (χ4n) is 4.42. The summed E-state index contributed by atoms with van der Waals surface area (Å²) in [7, 11) is -3.50. The largest absolute Gasteiger partial charge is 0.328 e. The van der Waals surface area contributed by atoms with Crippen molar-refractivity contribution in [3.63, 3.8) is 0 Å². The first-order valence-electron chi connectivity index (χ1n) is 12.2. The summed E-state index contributed by atoms with van der Waals surface area (Å²) in [6, 6.07) is 11.1. The molecule has 7 nitrogen and oxygen atoms in total. The number of nitrogens with one attached hydrogen (secondary N) is 1. The fourth-order valence-corrected chi connectivity index (χ4v) is 5.96. The zero-order chi connectivity index (χ0) is 24.3. The van der Waals surface area contributed by atoms with E-state index >= 15 is 0 Å². The van der Waals surface area contributed by atoms with E-state index in [4.69, 9.17) is 4.98 Å². The van der Waals surface area contributed by atoms with E-state index in [0.29, 0.717) is 36.3 Å². The highest BCUT2D eigenvalue weighted by Gasteiger charge is 2.28. The number of unbranched alkanes of at least 4 members (excludes halogenated alkanes) is 1. The Morgan fingerprint density at radius 2 is 1.82 bits per heavy atom. The number of fused-ring (bicyclic) bond motifs is 1. The molecular formula is C26H34N4O3S. The topological polar surface area (TPSA) is 84.3 Å². The van der Waals surface area contributed by atoms with Crippen molar-refractivity contribution >= 4 is 32.7 Å². The number of anilines is 1. The summed E-state index contributed by atoms with van der Waals surface area (Å²) in [5, 5.41) is 2.98. The molecule has 0 spiro atoms. The quantitative estimate of drug-likeness (QED) is 0.474. The molecular weight excluding hydrogens is 448 g/mol. The summed E-state index contributed by atoms with van der Waals surface area (Å²) in [5.41, 5.74) is 4.70. The van der Waals surface area contributed by atoms with Crippen molar-refractivity contribution in [3.8, 4) is 0 Å². The standard InChI is InChI=1S/C26H34N4O3S/c1-4-5-16-30-24-11-10-22(34(32,33)29-14-6-7-15-29)18-23(24)28-25(30)12-13-26(31)27-21-9-8-19(2)20(3)17-21/h8-11,17-18H,4-7,12-16H2,1-3H3,(H,27,31). The van der Waals surface area contributed by atoms with E-state index in [2.05, 4.69) is 16.8 Å². The van der Waals surface area contributed by atoms with Crippen LogP contribution in [-0.4, -0.2) is 41.3 Å². The number of rotatable bonds is 9. The van der Waals surface area contributed by atoms with Crippen molar-refractivity contribution in [2.24, 2.45) is 0 Å². The summed E-state index contributed by atoms with van der Waals surface area (Å²) >= 11 is 0. The smallest absolute Gasteiger partial charge is 0.243 e. The SMILES string of the molecule is CCCCn1c(CCC(=O)Nc2ccc(C)c(C)c2)nc2cc(S(=O)(=O)N3CCCC3)ccc21. The molecule has 8 heteroatoms. The third-order valence-corrected chi connectivity index (χ3v) is 8.50. The van der Waals surface area contributed by atoms with E-state index in [1.165, 1.54) is 5.56 Å². The molecule has 1 aliphatic rings. The van der Waals surface area contributed by atoms with Crippen LogP contribution in [-0.2, 0) is 27.8 Å². The van der Waals surface area contributed by atoms with Gasteiger partial charge in [0.2, 0.25) is 15.9 Å². The van der Waals surface area contributed by atoms with Crippen LogP contribution in [0.3, 0.4) is 0 Å². The van der Waals surface area contributed by atoms with Crippen molar-refractivity contribution in [2.45, 2.75) is 70.7 Å². The Bertz CT molecular complexity index is 1290. The molecule has 1 aliphatic heterocycles. The molecule has 4 rings (SSSR count). The maximum Gasteiger partial charge on any atom is 0.243 e. The summed E-state index contributed by atoms with van der Waals surface area (Å²) in [6.45, 7) is 8.15. The number of nitrogens with zero attached hydrogens (tertiary/aromatic N) is 3. The predicted octanol–water partition coefficient (Wildman–Crippen LogP) is 4.81. The number of carbonyl (C=O) groups excluding carboxylic acids is 1. The second kappa shape index (κ2) is 10.3. The van der Waals surface area contributed by atoms with Crippen LogP contribution in [0.5, 0.6) is 0 Å². The molecule has 1 amide bonds. The normalized spacial score (nSPS) is 14.7. The Balaban J connectivity index is 1.55. The second-order valence-corrected chi connectivity index (χ2v) is 11.1. The van der Waals surface area contributed by atoms with Gasteiger partial charge in [-0.15, -0.1) is 0 Å². The van der Waals surface area contributed by atoms with E-state index < -0.39 is 10.0 Å². The van der Waals surface area contributed by atoms with Gasteiger partial charge in [0.25, 0.3) is 0 Å². The zero-order valence-corrected chi connectivity index (χ0v) is 21.1. The minimum Gasteiger partial charge on any atom is -0.328 e. The van der Waals surface area contributed by atoms with Gasteiger partial charge in [-0.25, -0.2) is 13.4 Å². The molecule has 1 saturated heterocycles. The van der Waals surface area contributed by atoms with Gasteiger partial charge in [-0.3, -0.25) is 4.79 Å². The number of sulfonamides is 1. The van der Waals surface area contributed by atoms with E-state index in [1.807, 2.05) is 38.1 Å². The van der Waals surface area contributed by atoms with Crippen LogP contribution in [0, 0.1) is 13.8 Å². The van der Waals surface area contributed by atoms with Crippen molar-refractivity contribution in [1.29, 1.82) is 0 Å². The van der Waals surface area contributed by atoms with Gasteiger partial charge in [0.05, 0.1) is 15.9 Å². The molecule has 0 aliphatic carbocycles. The van der Waals surface area contributed by atoms with E-state index in [9.17, 15) is 13.2 Å². The summed E-state index contributed by atoms with van der Waals surface area (Å²) < 4.78 is 29.7. The number of amides is 1. The minimum absolute atomic E-state index is 0.0605. The number of aryl methyl sites for hydroxylation is 4. The first-order valence-corrected chi connectivity index (χ1v) is 13.6. The average Bonchev–Trinajstić information content (AvgIpc) is 3.47. The van der Waals surface area contributed by atoms with Crippen LogP contribution >= 0.6 is 0 Å². The lowest BCUT2D eigenvalue weighted by atomic mass is 10.1. The lowest BCUT2D eigenvalue weighted by Gasteiger charge is -2.15. The second-order valence-electron chi connectivity index (χ2n) is 9.14. The molecule has 182 valence electrons. The molecule has 0 unspecified atom stereocenters. The number of carbonyl (C=O) groups is 1. The molecule has 1 fully saturated rings. The predicted molar refractivity (Wildman–Crippen MR) is 136 cm³/mol. The average molecular weight is 483 g/mol. The monoisotopic (exact) mass is 482 g/mol. The summed E-state index contributed by atoms with van der Waals surface area (Å²) in [4.78, 5) is 17.7. The van der Waals surface area contributed by atoms with Crippen molar-refractivity contribution in [2.75, 3.05) is 18.4 Å². The third kappa shape index (κ3) is 5.18. The first-order chi connectivity index (χ1) is 16.3. The Kier molecular flexibility index (Phi) is 7.38. The van der Waals surface area contributed by atoms with Crippen LogP contribution in [0.15, 0.2) is 41.3 Å². The minimum atomic E-state index is -3.50. The lowest BCUT2D eigenvalue weighted by molar-refractivity contribution is -0.116. The van der Waals surface area contributed by atoms with E-state index in [1.54, 1.807) is 16.4 Å². The van der Waals surface area contributed by atoms with Crippen LogP contribution in [0.1, 0.15) is 56.0 Å². The summed E-state index contributed by atoms with van der Waals surface area (Å²) in [5.74, 6) is 0.754. The molecule has 0 atom stereocenters. The zero-order valence-electron chi connectivity index (χ0n) is 20.3. The Labute approximate surface area is 202 Å². The maximum atomic E-state index is 13.0. The molecule has 0 radical (unpaired) electrons. The first kappa shape index (κ1) is 24.4. The van der Waals surface area contributed by atoms with E-state index in [-0.39, 0.29) is 5.91 Å². The van der Waals surface area contributed by atoms with Gasteiger partial charge in [-0.1, -0.05) is 19.4 Å². The van der Waals surface area contributed by atoms with Gasteiger partial charge < -0.3 is 9.88 Å². The van der Waals surface area contributed by atoms with Gasteiger partial charge in [-0.05, 0) is 74.6 Å². The highest BCUT2D eigenvalue weighted by molar-refractivity contribution is 7.89. The third-order valence-electron chi connectivity index (χ3n) is 6.60. The van der Waals surface area contributed by atoms with Crippen LogP contribution in [0.2, 0.25) is 0 Å². The number of imidazole rings is 1. The molecule has 0 saturated carbocycles. The Morgan fingerprint density at radius 3 is 2.53 bits per heavy atom. The van der Waals surface area contributed by atoms with Crippen LogP contribution in [0.4, 0.5) is 5.69 Å².